The van der Waals surface area contributed by atoms with Crippen LogP contribution < -0.4 is 45.0 Å². The Kier molecular flexibility index (Phi) is 14.0. The molecular weight excluding hydrogens is 574 g/mol. The fourth-order valence-corrected chi connectivity index (χ4v) is 5.02. The van der Waals surface area contributed by atoms with Gasteiger partial charge in [0.1, 0.15) is 5.75 Å². The van der Waals surface area contributed by atoms with E-state index in [4.69, 9.17) is 15.0 Å². The van der Waals surface area contributed by atoms with Gasteiger partial charge in [0.25, 0.3) is 5.91 Å². The number of piperidine rings is 2. The molecule has 4 heterocycles. The van der Waals surface area contributed by atoms with Gasteiger partial charge in [-0.25, -0.2) is 4.98 Å². The molecule has 0 aliphatic carbocycles. The SMILES string of the molecule is Cl.N.N.N.N.O=C(Nc1ccc2nc[nH]c2c1)c1ccc(Nc2nc(N3CCCCC3)nc(N3CCCCC3)n2)cc1O.[HH].[HH].[HH].[HH]. The fourth-order valence-electron chi connectivity index (χ4n) is 5.02. The number of amides is 1. The highest BCUT2D eigenvalue weighted by molar-refractivity contribution is 6.07. The molecule has 16 N–H and O–H groups in total. The van der Waals surface area contributed by atoms with Crippen LogP contribution in [0, 0.1) is 0 Å². The molecule has 0 saturated carbocycles. The van der Waals surface area contributed by atoms with Gasteiger partial charge in [0, 0.05) is 49.3 Å². The van der Waals surface area contributed by atoms with Gasteiger partial charge in [0.2, 0.25) is 17.8 Å². The Morgan fingerprint density at radius 3 is 1.95 bits per heavy atom. The van der Waals surface area contributed by atoms with E-state index in [2.05, 4.69) is 30.4 Å². The van der Waals surface area contributed by atoms with E-state index in [9.17, 15) is 9.90 Å². The summed E-state index contributed by atoms with van der Waals surface area (Å²) in [6, 6.07) is 10.2. The van der Waals surface area contributed by atoms with Crippen molar-refractivity contribution >= 4 is 58.6 Å². The predicted molar refractivity (Wildman–Crippen MR) is 183 cm³/mol. The van der Waals surface area contributed by atoms with Crippen LogP contribution in [-0.2, 0) is 0 Å². The average Bonchev–Trinajstić information content (AvgIpc) is 3.42. The van der Waals surface area contributed by atoms with Crippen molar-refractivity contribution in [3.63, 3.8) is 0 Å². The van der Waals surface area contributed by atoms with Crippen LogP contribution in [0.4, 0.5) is 29.2 Å². The molecular formula is C27H52ClN13O2. The van der Waals surface area contributed by atoms with E-state index in [1.165, 1.54) is 18.9 Å². The van der Waals surface area contributed by atoms with E-state index in [-0.39, 0.29) is 54.0 Å². The number of phenols is 1. The number of aromatic nitrogens is 5. The Morgan fingerprint density at radius 2 is 1.37 bits per heavy atom. The monoisotopic (exact) mass is 625 g/mol. The number of hydrogen-bond acceptors (Lipinski definition) is 13. The molecule has 2 saturated heterocycles. The highest BCUT2D eigenvalue weighted by Crippen LogP contribution is 2.28. The van der Waals surface area contributed by atoms with Gasteiger partial charge in [-0.3, -0.25) is 4.79 Å². The van der Waals surface area contributed by atoms with Crippen LogP contribution in [0.5, 0.6) is 5.75 Å². The Balaban J connectivity index is -0.00000103. The molecule has 16 heteroatoms. The number of phenolic OH excluding ortho intramolecular Hbond substituents is 1. The van der Waals surface area contributed by atoms with Crippen LogP contribution in [-0.4, -0.2) is 62.1 Å². The lowest BCUT2D eigenvalue weighted by molar-refractivity contribution is 0.102. The number of halogens is 1. The first-order chi connectivity index (χ1) is 18.6. The standard InChI is InChI=1S/C27H31N9O2.ClH.4H3N.4H2/c37-23-16-19(7-9-20(23)24(38)30-18-8-10-21-22(15-18)29-17-28-21)31-25-32-26(35-11-3-1-4-12-35)34-27(33-25)36-13-5-2-6-14-36;;;;;;;;;/h7-10,15-17,37H,1-6,11-14H2,(H,28,29)(H,30,38)(H,31,32,33,34);1H;4*1H3;4*1H. The van der Waals surface area contributed by atoms with Gasteiger partial charge in [0.05, 0.1) is 22.9 Å². The quantitative estimate of drug-likeness (QED) is 0.114. The molecule has 1 amide bonds. The minimum atomic E-state index is -0.409. The molecule has 15 nitrogen and oxygen atoms in total. The first kappa shape index (κ1) is 36.7. The van der Waals surface area contributed by atoms with Crippen LogP contribution in [0.2, 0.25) is 0 Å². The summed E-state index contributed by atoms with van der Waals surface area (Å²) in [6.07, 6.45) is 8.55. The number of nitrogens with zero attached hydrogens (tertiary/aromatic N) is 6. The number of nitrogens with one attached hydrogen (secondary N) is 3. The molecule has 2 aromatic heterocycles. The van der Waals surface area contributed by atoms with Crippen LogP contribution in [0.3, 0.4) is 0 Å². The Hall–Kier alpha value is -4.28. The maximum atomic E-state index is 12.9. The zero-order valence-electron chi connectivity index (χ0n) is 24.4. The second kappa shape index (κ2) is 16.4. The summed E-state index contributed by atoms with van der Waals surface area (Å²) < 4.78 is 0. The van der Waals surface area contributed by atoms with Crippen molar-refractivity contribution in [2.24, 2.45) is 0 Å². The van der Waals surface area contributed by atoms with Crippen molar-refractivity contribution < 1.29 is 15.6 Å². The first-order valence-electron chi connectivity index (χ1n) is 13.2. The number of aromatic hydroxyl groups is 1. The highest BCUT2D eigenvalue weighted by atomic mass is 35.5. The third kappa shape index (κ3) is 8.39. The number of rotatable bonds is 6. The number of anilines is 5. The molecule has 2 fully saturated rings. The van der Waals surface area contributed by atoms with E-state index >= 15 is 0 Å². The molecule has 244 valence electrons. The Labute approximate surface area is 263 Å². The van der Waals surface area contributed by atoms with Crippen molar-refractivity contribution in [2.75, 3.05) is 46.6 Å². The molecule has 2 aliphatic rings. The summed E-state index contributed by atoms with van der Waals surface area (Å²) in [4.78, 5) is 38.7. The fraction of sp³-hybridized carbons (Fsp3) is 0.370. The van der Waals surface area contributed by atoms with Gasteiger partial charge in [-0.05, 0) is 68.9 Å². The lowest BCUT2D eigenvalue weighted by atomic mass is 10.1. The number of benzene rings is 2. The third-order valence-corrected chi connectivity index (χ3v) is 7.07. The second-order valence-corrected chi connectivity index (χ2v) is 9.80. The Bertz CT molecular complexity index is 1440. The summed E-state index contributed by atoms with van der Waals surface area (Å²) in [5, 5.41) is 16.7. The summed E-state index contributed by atoms with van der Waals surface area (Å²) in [6.45, 7) is 3.73. The molecule has 0 unspecified atom stereocenters. The summed E-state index contributed by atoms with van der Waals surface area (Å²) in [5.74, 6) is 1.23. The number of fused-ring (bicyclic) bond motifs is 1. The van der Waals surface area contributed by atoms with Gasteiger partial charge >= 0.3 is 0 Å². The summed E-state index contributed by atoms with van der Waals surface area (Å²) in [5.41, 5.74) is 2.98. The van der Waals surface area contributed by atoms with E-state index in [0.717, 1.165) is 62.9 Å². The predicted octanol–water partition coefficient (Wildman–Crippen LogP) is 6.48. The maximum Gasteiger partial charge on any atom is 0.259 e. The van der Waals surface area contributed by atoms with Gasteiger partial charge in [0.15, 0.2) is 0 Å². The number of carbonyl (C=O) groups excluding carboxylic acids is 1. The molecule has 2 aromatic carbocycles. The van der Waals surface area contributed by atoms with Crippen molar-refractivity contribution in [3.8, 4) is 5.75 Å². The molecule has 0 radical (unpaired) electrons. The Morgan fingerprint density at radius 1 is 0.791 bits per heavy atom. The molecule has 2 aliphatic heterocycles. The first-order valence-corrected chi connectivity index (χ1v) is 13.2. The minimum Gasteiger partial charge on any atom is -0.507 e. The van der Waals surface area contributed by atoms with Gasteiger partial charge in [-0.1, -0.05) is 0 Å². The average molecular weight is 626 g/mol. The molecule has 6 rings (SSSR count). The third-order valence-electron chi connectivity index (χ3n) is 7.07. The van der Waals surface area contributed by atoms with Crippen molar-refractivity contribution in [2.45, 2.75) is 38.5 Å². The van der Waals surface area contributed by atoms with Gasteiger partial charge < -0.3 is 55.1 Å². The number of aromatic amines is 1. The van der Waals surface area contributed by atoms with Crippen molar-refractivity contribution in [1.29, 1.82) is 0 Å². The number of imidazole rings is 1. The molecule has 0 atom stereocenters. The van der Waals surface area contributed by atoms with E-state index < -0.39 is 5.91 Å². The zero-order chi connectivity index (χ0) is 25.9. The van der Waals surface area contributed by atoms with E-state index in [1.807, 2.05) is 6.07 Å². The van der Waals surface area contributed by atoms with Crippen LogP contribution in [0.1, 0.15) is 54.6 Å². The normalized spacial score (nSPS) is 14.1. The number of H-pyrrole nitrogens is 1. The van der Waals surface area contributed by atoms with Crippen LogP contribution in [0.15, 0.2) is 42.7 Å². The van der Waals surface area contributed by atoms with Crippen LogP contribution in [0.25, 0.3) is 11.0 Å². The molecule has 0 bridgehead atoms. The van der Waals surface area contributed by atoms with Crippen molar-refractivity contribution in [3.05, 3.63) is 48.3 Å². The molecule has 4 aromatic rings. The van der Waals surface area contributed by atoms with Gasteiger partial charge in [-0.2, -0.15) is 15.0 Å². The number of carbonyl (C=O) groups is 1. The van der Waals surface area contributed by atoms with Gasteiger partial charge in [-0.15, -0.1) is 12.4 Å². The smallest absolute Gasteiger partial charge is 0.259 e. The van der Waals surface area contributed by atoms with Crippen molar-refractivity contribution in [1.82, 2.24) is 49.5 Å². The van der Waals surface area contributed by atoms with E-state index in [0.29, 0.717) is 29.2 Å². The number of hydrogen-bond donors (Lipinski definition) is 8. The van der Waals surface area contributed by atoms with E-state index in [1.54, 1.807) is 30.6 Å². The zero-order valence-corrected chi connectivity index (χ0v) is 25.2. The molecule has 43 heavy (non-hydrogen) atoms. The largest absolute Gasteiger partial charge is 0.507 e. The summed E-state index contributed by atoms with van der Waals surface area (Å²) in [7, 11) is 0. The lowest BCUT2D eigenvalue weighted by Gasteiger charge is -2.30. The summed E-state index contributed by atoms with van der Waals surface area (Å²) >= 11 is 0. The maximum absolute atomic E-state index is 12.9. The molecule has 0 spiro atoms. The highest BCUT2D eigenvalue weighted by Gasteiger charge is 2.21. The second-order valence-electron chi connectivity index (χ2n) is 9.80. The topological polar surface area (TPSA) is 275 Å². The minimum absolute atomic E-state index is 0. The van der Waals surface area contributed by atoms with Crippen LogP contribution >= 0.6 is 12.4 Å². The lowest BCUT2D eigenvalue weighted by Crippen LogP contribution is -2.34.